The Hall–Kier alpha value is -2.11. The molecular formula is C16H16F3NO2. The van der Waals surface area contributed by atoms with Crippen LogP contribution in [0.15, 0.2) is 30.9 Å². The second-order valence-corrected chi connectivity index (χ2v) is 5.21. The van der Waals surface area contributed by atoms with Crippen LogP contribution in [0.25, 0.3) is 0 Å². The first kappa shape index (κ1) is 16.3. The molecule has 1 aromatic rings. The lowest BCUT2D eigenvalue weighted by atomic mass is 9.91. The molecule has 1 fully saturated rings. The molecule has 0 amide bonds. The number of benzene rings is 1. The second kappa shape index (κ2) is 5.94. The summed E-state index contributed by atoms with van der Waals surface area (Å²) in [6.45, 7) is 3.57. The molecule has 1 aliphatic rings. The van der Waals surface area contributed by atoms with E-state index in [2.05, 4.69) is 6.58 Å². The van der Waals surface area contributed by atoms with E-state index in [-0.39, 0.29) is 29.2 Å². The largest absolute Gasteiger partial charge is 0.496 e. The third-order valence-corrected chi connectivity index (χ3v) is 3.82. The zero-order valence-electron chi connectivity index (χ0n) is 12.0. The molecule has 1 N–H and O–H groups in total. The molecule has 2 atom stereocenters. The van der Waals surface area contributed by atoms with Gasteiger partial charge in [-0.25, -0.2) is 0 Å². The number of hydrogen-bond donors (Lipinski definition) is 1. The molecule has 0 heterocycles. The summed E-state index contributed by atoms with van der Waals surface area (Å²) in [7, 11) is 1.14. The van der Waals surface area contributed by atoms with Crippen LogP contribution >= 0.6 is 0 Å². The smallest absolute Gasteiger partial charge is 0.419 e. The van der Waals surface area contributed by atoms with Gasteiger partial charge in [0.2, 0.25) is 0 Å². The van der Waals surface area contributed by atoms with E-state index >= 15 is 0 Å². The molecule has 1 saturated carbocycles. The predicted molar refractivity (Wildman–Crippen MR) is 76.4 cm³/mol. The maximum atomic E-state index is 13.1. The van der Waals surface area contributed by atoms with E-state index in [1.54, 1.807) is 6.08 Å². The summed E-state index contributed by atoms with van der Waals surface area (Å²) < 4.78 is 44.1. The molecule has 2 unspecified atom stereocenters. The number of Topliss-reactive ketones (excluding diaryl/α,β-unsaturated/α-hetero) is 1. The summed E-state index contributed by atoms with van der Waals surface area (Å²) in [5.41, 5.74) is -0.700. The van der Waals surface area contributed by atoms with Crippen molar-refractivity contribution in [1.29, 1.82) is 5.41 Å². The van der Waals surface area contributed by atoms with E-state index in [0.29, 0.717) is 6.42 Å². The van der Waals surface area contributed by atoms with Gasteiger partial charge in [0.25, 0.3) is 0 Å². The summed E-state index contributed by atoms with van der Waals surface area (Å²) in [5, 5.41) is 7.99. The van der Waals surface area contributed by atoms with Crippen LogP contribution < -0.4 is 4.74 Å². The molecule has 22 heavy (non-hydrogen) atoms. The monoisotopic (exact) mass is 311 g/mol. The number of para-hydroxylation sites is 1. The van der Waals surface area contributed by atoms with Crippen molar-refractivity contribution < 1.29 is 22.7 Å². The number of halogens is 3. The number of rotatable bonds is 4. The molecule has 0 radical (unpaired) electrons. The minimum atomic E-state index is -4.58. The van der Waals surface area contributed by atoms with Gasteiger partial charge in [0.15, 0.2) is 0 Å². The first-order valence-electron chi connectivity index (χ1n) is 6.77. The van der Waals surface area contributed by atoms with Crippen molar-refractivity contribution in [1.82, 2.24) is 0 Å². The highest BCUT2D eigenvalue weighted by Gasteiger charge is 2.42. The number of ether oxygens (including phenoxy) is 1. The lowest BCUT2D eigenvalue weighted by molar-refractivity contribution is -0.139. The Morgan fingerprint density at radius 1 is 1.45 bits per heavy atom. The van der Waals surface area contributed by atoms with Gasteiger partial charge in [0.05, 0.1) is 18.6 Å². The van der Waals surface area contributed by atoms with Crippen LogP contribution in [-0.4, -0.2) is 18.6 Å². The van der Waals surface area contributed by atoms with Crippen molar-refractivity contribution in [3.05, 3.63) is 42.0 Å². The van der Waals surface area contributed by atoms with Crippen LogP contribution in [0.4, 0.5) is 13.2 Å². The molecule has 1 aromatic carbocycles. The number of nitrogens with one attached hydrogen (secondary N) is 1. The van der Waals surface area contributed by atoms with Gasteiger partial charge in [-0.3, -0.25) is 4.79 Å². The van der Waals surface area contributed by atoms with E-state index in [1.165, 1.54) is 12.1 Å². The average Bonchev–Trinajstić information content (AvgIpc) is 2.72. The summed E-state index contributed by atoms with van der Waals surface area (Å²) >= 11 is 0. The molecule has 6 heteroatoms. The predicted octanol–water partition coefficient (Wildman–Crippen LogP) is 3.98. The summed E-state index contributed by atoms with van der Waals surface area (Å²) in [4.78, 5) is 12.4. The van der Waals surface area contributed by atoms with Gasteiger partial charge in [-0.2, -0.15) is 13.2 Å². The van der Waals surface area contributed by atoms with Crippen molar-refractivity contribution in [2.45, 2.75) is 24.9 Å². The Bertz CT molecular complexity index is 622. The Morgan fingerprint density at radius 2 is 2.14 bits per heavy atom. The van der Waals surface area contributed by atoms with Gasteiger partial charge in [-0.15, -0.1) is 6.58 Å². The molecule has 0 bridgehead atoms. The van der Waals surface area contributed by atoms with E-state index < -0.39 is 23.6 Å². The summed E-state index contributed by atoms with van der Waals surface area (Å²) in [6, 6.07) is 3.57. The quantitative estimate of drug-likeness (QED) is 0.855. The molecular weight excluding hydrogens is 295 g/mol. The molecule has 0 aliphatic heterocycles. The SMILES string of the molecule is C=CCC1CC(=N)C(c2cccc(C(F)(F)F)c2OC)C1=O. The van der Waals surface area contributed by atoms with Gasteiger partial charge >= 0.3 is 6.18 Å². The first-order valence-corrected chi connectivity index (χ1v) is 6.77. The Morgan fingerprint density at radius 3 is 2.68 bits per heavy atom. The molecule has 0 saturated heterocycles. The van der Waals surface area contributed by atoms with E-state index in [9.17, 15) is 18.0 Å². The lowest BCUT2D eigenvalue weighted by Crippen LogP contribution is -2.18. The topological polar surface area (TPSA) is 50.1 Å². The van der Waals surface area contributed by atoms with E-state index in [0.717, 1.165) is 13.2 Å². The van der Waals surface area contributed by atoms with Gasteiger partial charge in [0.1, 0.15) is 11.5 Å². The number of carbonyl (C=O) groups is 1. The van der Waals surface area contributed by atoms with Gasteiger partial charge < -0.3 is 10.1 Å². The first-order chi connectivity index (χ1) is 10.3. The highest BCUT2D eigenvalue weighted by molar-refractivity contribution is 6.16. The highest BCUT2D eigenvalue weighted by atomic mass is 19.4. The number of allylic oxidation sites excluding steroid dienone is 1. The minimum absolute atomic E-state index is 0.110. The Kier molecular flexibility index (Phi) is 4.39. The van der Waals surface area contributed by atoms with Crippen LogP contribution in [0, 0.1) is 11.3 Å². The molecule has 0 spiro atoms. The second-order valence-electron chi connectivity index (χ2n) is 5.21. The van der Waals surface area contributed by atoms with Crippen molar-refractivity contribution >= 4 is 11.5 Å². The van der Waals surface area contributed by atoms with Crippen LogP contribution in [0.2, 0.25) is 0 Å². The fourth-order valence-corrected chi connectivity index (χ4v) is 2.87. The lowest BCUT2D eigenvalue weighted by Gasteiger charge is -2.19. The van der Waals surface area contributed by atoms with Gasteiger partial charge in [-0.05, 0) is 18.9 Å². The van der Waals surface area contributed by atoms with Crippen molar-refractivity contribution in [2.75, 3.05) is 7.11 Å². The molecule has 2 rings (SSSR count). The Labute approximate surface area is 126 Å². The summed E-state index contributed by atoms with van der Waals surface area (Å²) in [5.74, 6) is -1.99. The van der Waals surface area contributed by atoms with E-state index in [1.807, 2.05) is 0 Å². The maximum absolute atomic E-state index is 13.1. The number of alkyl halides is 3. The van der Waals surface area contributed by atoms with Crippen LogP contribution in [0.5, 0.6) is 5.75 Å². The molecule has 3 nitrogen and oxygen atoms in total. The fourth-order valence-electron chi connectivity index (χ4n) is 2.87. The zero-order chi connectivity index (χ0) is 16.5. The maximum Gasteiger partial charge on any atom is 0.419 e. The number of methoxy groups -OCH3 is 1. The molecule has 1 aliphatic carbocycles. The number of carbonyl (C=O) groups excluding carboxylic acids is 1. The standard InChI is InChI=1S/C16H16F3NO2/c1-3-5-9-8-12(20)13(14(9)21)10-6-4-7-11(15(10)22-2)16(17,18)19/h3-4,6-7,9,13,20H,1,5,8H2,2H3. The van der Waals surface area contributed by atoms with Crippen LogP contribution in [-0.2, 0) is 11.0 Å². The third kappa shape index (κ3) is 2.77. The molecule has 0 aromatic heterocycles. The fraction of sp³-hybridized carbons (Fsp3) is 0.375. The van der Waals surface area contributed by atoms with Crippen LogP contribution in [0.3, 0.4) is 0 Å². The summed E-state index contributed by atoms with van der Waals surface area (Å²) in [6.07, 6.45) is -2.33. The van der Waals surface area contributed by atoms with Crippen molar-refractivity contribution in [2.24, 2.45) is 5.92 Å². The van der Waals surface area contributed by atoms with E-state index in [4.69, 9.17) is 10.1 Å². The van der Waals surface area contributed by atoms with Crippen molar-refractivity contribution in [3.8, 4) is 5.75 Å². The number of hydrogen-bond acceptors (Lipinski definition) is 3. The number of ketones is 1. The van der Waals surface area contributed by atoms with Crippen molar-refractivity contribution in [3.63, 3.8) is 0 Å². The van der Waals surface area contributed by atoms with Crippen LogP contribution in [0.1, 0.15) is 29.9 Å². The molecule has 118 valence electrons. The minimum Gasteiger partial charge on any atom is -0.496 e. The Balaban J connectivity index is 2.51. The zero-order valence-corrected chi connectivity index (χ0v) is 12.0. The highest BCUT2D eigenvalue weighted by Crippen LogP contribution is 2.44. The van der Waals surface area contributed by atoms with Gasteiger partial charge in [0, 0.05) is 17.2 Å². The normalized spacial score (nSPS) is 22.0. The third-order valence-electron chi connectivity index (χ3n) is 3.82. The van der Waals surface area contributed by atoms with Gasteiger partial charge in [-0.1, -0.05) is 18.2 Å². The average molecular weight is 311 g/mol.